The van der Waals surface area contributed by atoms with E-state index >= 15 is 0 Å². The number of Topliss-reactive ketones (excluding diaryl/α,β-unsaturated/α-hetero) is 1. The first-order valence-electron chi connectivity index (χ1n) is 5.10. The zero-order valence-corrected chi connectivity index (χ0v) is 10.1. The van der Waals surface area contributed by atoms with Crippen LogP contribution in [0.4, 0.5) is 0 Å². The molecule has 0 aliphatic rings. The predicted molar refractivity (Wildman–Crippen MR) is 65.6 cm³/mol. The summed E-state index contributed by atoms with van der Waals surface area (Å²) in [4.78, 5) is 22.4. The van der Waals surface area contributed by atoms with Crippen LogP contribution < -0.4 is 10.5 Å². The number of methoxy groups -OCH3 is 1. The lowest BCUT2D eigenvalue weighted by Crippen LogP contribution is -2.18. The highest BCUT2D eigenvalue weighted by atomic mass is 16.5. The molecule has 0 radical (unpaired) electrons. The third-order valence-electron chi connectivity index (χ3n) is 2.31. The van der Waals surface area contributed by atoms with E-state index in [-0.39, 0.29) is 5.57 Å². The molecule has 0 heterocycles. The molecule has 0 spiro atoms. The Morgan fingerprint density at radius 2 is 2.11 bits per heavy atom. The van der Waals surface area contributed by atoms with E-state index in [1.807, 2.05) is 6.07 Å². The molecule has 0 fully saturated rings. The van der Waals surface area contributed by atoms with Gasteiger partial charge in [0.2, 0.25) is 0 Å². The van der Waals surface area contributed by atoms with E-state index in [9.17, 15) is 9.59 Å². The van der Waals surface area contributed by atoms with Gasteiger partial charge in [-0.05, 0) is 31.2 Å². The van der Waals surface area contributed by atoms with Crippen LogP contribution in [0.5, 0.6) is 5.75 Å². The highest BCUT2D eigenvalue weighted by Crippen LogP contribution is 2.22. The molecule has 2 N–H and O–H groups in total. The van der Waals surface area contributed by atoms with Crippen molar-refractivity contribution >= 4 is 17.8 Å². The maximum atomic E-state index is 11.3. The summed E-state index contributed by atoms with van der Waals surface area (Å²) < 4.78 is 5.09. The zero-order chi connectivity index (χ0) is 13.7. The van der Waals surface area contributed by atoms with Crippen LogP contribution in [0.15, 0.2) is 23.8 Å². The Labute approximate surface area is 104 Å². The van der Waals surface area contributed by atoms with Crippen molar-refractivity contribution in [3.8, 4) is 11.8 Å². The molecule has 5 heteroatoms. The number of amides is 1. The number of benzene rings is 1. The molecule has 1 amide bonds. The third-order valence-corrected chi connectivity index (χ3v) is 2.31. The smallest absolute Gasteiger partial charge is 0.252 e. The summed E-state index contributed by atoms with van der Waals surface area (Å²) in [7, 11) is 1.44. The second kappa shape index (κ2) is 5.64. The van der Waals surface area contributed by atoms with E-state index in [0.717, 1.165) is 0 Å². The molecule has 0 bridgehead atoms. The van der Waals surface area contributed by atoms with Crippen LogP contribution in [0.3, 0.4) is 0 Å². The quantitative estimate of drug-likeness (QED) is 0.486. The second-order valence-corrected chi connectivity index (χ2v) is 3.55. The fourth-order valence-corrected chi connectivity index (χ4v) is 1.40. The monoisotopic (exact) mass is 244 g/mol. The first kappa shape index (κ1) is 13.5. The van der Waals surface area contributed by atoms with E-state index in [0.29, 0.717) is 16.9 Å². The number of nitrogens with zero attached hydrogens (tertiary/aromatic N) is 1. The predicted octanol–water partition coefficient (Wildman–Crippen LogP) is 1.02. The first-order valence-corrected chi connectivity index (χ1v) is 5.10. The van der Waals surface area contributed by atoms with Crippen LogP contribution in [0.25, 0.3) is 6.08 Å². The number of nitrogens with two attached hydrogens (primary N) is 1. The first-order chi connectivity index (χ1) is 8.49. The standard InChI is InChI=1S/C13H12N2O3/c1-8(16)11(13(15)17)6-10-4-3-9(7-14)5-12(10)18-2/h3-6H,1-2H3,(H2,15,17). The van der Waals surface area contributed by atoms with Crippen molar-refractivity contribution in [3.63, 3.8) is 0 Å². The molecule has 0 unspecified atom stereocenters. The van der Waals surface area contributed by atoms with Gasteiger partial charge >= 0.3 is 0 Å². The number of hydrogen-bond donors (Lipinski definition) is 1. The molecule has 92 valence electrons. The van der Waals surface area contributed by atoms with Gasteiger partial charge in [0.25, 0.3) is 5.91 Å². The van der Waals surface area contributed by atoms with Crippen LogP contribution in [0.1, 0.15) is 18.1 Å². The van der Waals surface area contributed by atoms with Crippen LogP contribution in [-0.4, -0.2) is 18.8 Å². The topological polar surface area (TPSA) is 93.2 Å². The Bertz CT molecular complexity index is 552. The van der Waals surface area contributed by atoms with E-state index in [4.69, 9.17) is 15.7 Å². The molecule has 1 rings (SSSR count). The average molecular weight is 244 g/mol. The molecule has 0 saturated heterocycles. The van der Waals surface area contributed by atoms with Crippen molar-refractivity contribution in [2.75, 3.05) is 7.11 Å². The normalized spacial score (nSPS) is 10.6. The molecule has 5 nitrogen and oxygen atoms in total. The van der Waals surface area contributed by atoms with Gasteiger partial charge in [0, 0.05) is 5.56 Å². The van der Waals surface area contributed by atoms with E-state index in [1.165, 1.54) is 26.2 Å². The van der Waals surface area contributed by atoms with Crippen molar-refractivity contribution in [1.82, 2.24) is 0 Å². The number of ether oxygens (including phenoxy) is 1. The summed E-state index contributed by atoms with van der Waals surface area (Å²) in [6.45, 7) is 1.26. The molecular formula is C13H12N2O3. The Kier molecular flexibility index (Phi) is 4.22. The SMILES string of the molecule is COc1cc(C#N)ccc1C=C(C(C)=O)C(N)=O. The lowest BCUT2D eigenvalue weighted by molar-refractivity contribution is -0.119. The average Bonchev–Trinajstić information content (AvgIpc) is 2.34. The number of primary amides is 1. The van der Waals surface area contributed by atoms with Gasteiger partial charge in [-0.2, -0.15) is 5.26 Å². The molecule has 0 aliphatic carbocycles. The minimum atomic E-state index is -0.797. The Morgan fingerprint density at radius 3 is 2.56 bits per heavy atom. The molecule has 18 heavy (non-hydrogen) atoms. The number of carbonyl (C=O) groups is 2. The van der Waals surface area contributed by atoms with Crippen molar-refractivity contribution in [2.45, 2.75) is 6.92 Å². The molecule has 0 saturated carbocycles. The number of ketones is 1. The molecular weight excluding hydrogens is 232 g/mol. The second-order valence-electron chi connectivity index (χ2n) is 3.55. The van der Waals surface area contributed by atoms with Crippen LogP contribution in [0.2, 0.25) is 0 Å². The summed E-state index contributed by atoms with van der Waals surface area (Å²) in [6, 6.07) is 6.64. The summed E-state index contributed by atoms with van der Waals surface area (Å²) in [5.74, 6) is -0.822. The maximum absolute atomic E-state index is 11.3. The van der Waals surface area contributed by atoms with Gasteiger partial charge < -0.3 is 10.5 Å². The van der Waals surface area contributed by atoms with Crippen molar-refractivity contribution in [1.29, 1.82) is 5.26 Å². The maximum Gasteiger partial charge on any atom is 0.252 e. The Morgan fingerprint density at radius 1 is 1.44 bits per heavy atom. The highest BCUT2D eigenvalue weighted by molar-refractivity contribution is 6.21. The van der Waals surface area contributed by atoms with Gasteiger partial charge in [-0.25, -0.2) is 0 Å². The zero-order valence-electron chi connectivity index (χ0n) is 10.1. The summed E-state index contributed by atoms with van der Waals surface area (Å²) in [5.41, 5.74) is 5.94. The molecule has 0 atom stereocenters. The largest absolute Gasteiger partial charge is 0.496 e. The third kappa shape index (κ3) is 2.95. The lowest BCUT2D eigenvalue weighted by atomic mass is 10.0. The number of rotatable bonds is 4. The van der Waals surface area contributed by atoms with Crippen molar-refractivity contribution in [3.05, 3.63) is 34.9 Å². The van der Waals surface area contributed by atoms with Crippen molar-refractivity contribution < 1.29 is 14.3 Å². The van der Waals surface area contributed by atoms with Crippen LogP contribution in [0, 0.1) is 11.3 Å². The van der Waals surface area contributed by atoms with E-state index in [2.05, 4.69) is 0 Å². The minimum Gasteiger partial charge on any atom is -0.496 e. The van der Waals surface area contributed by atoms with Gasteiger partial charge in [0.1, 0.15) is 5.75 Å². The Balaban J connectivity index is 3.33. The fourth-order valence-electron chi connectivity index (χ4n) is 1.40. The Hall–Kier alpha value is -2.61. The van der Waals surface area contributed by atoms with E-state index < -0.39 is 11.7 Å². The highest BCUT2D eigenvalue weighted by Gasteiger charge is 2.12. The van der Waals surface area contributed by atoms with Gasteiger partial charge in [-0.15, -0.1) is 0 Å². The van der Waals surface area contributed by atoms with Crippen LogP contribution in [-0.2, 0) is 9.59 Å². The molecule has 1 aromatic carbocycles. The van der Waals surface area contributed by atoms with Gasteiger partial charge in [0.05, 0.1) is 24.3 Å². The van der Waals surface area contributed by atoms with Gasteiger partial charge in [-0.1, -0.05) is 0 Å². The summed E-state index contributed by atoms with van der Waals surface area (Å²) in [6.07, 6.45) is 1.35. The van der Waals surface area contributed by atoms with Gasteiger partial charge in [0.15, 0.2) is 5.78 Å². The lowest BCUT2D eigenvalue weighted by Gasteiger charge is -2.06. The van der Waals surface area contributed by atoms with Crippen LogP contribution >= 0.6 is 0 Å². The number of nitriles is 1. The molecule has 1 aromatic rings. The summed E-state index contributed by atoms with van der Waals surface area (Å²) in [5, 5.41) is 8.76. The minimum absolute atomic E-state index is 0.113. The van der Waals surface area contributed by atoms with E-state index in [1.54, 1.807) is 12.1 Å². The van der Waals surface area contributed by atoms with Gasteiger partial charge in [-0.3, -0.25) is 9.59 Å². The molecule has 0 aromatic heterocycles. The number of hydrogen-bond acceptors (Lipinski definition) is 4. The fraction of sp³-hybridized carbons (Fsp3) is 0.154. The number of carbonyl (C=O) groups excluding carboxylic acids is 2. The summed E-state index contributed by atoms with van der Waals surface area (Å²) >= 11 is 0. The molecule has 0 aliphatic heterocycles. The van der Waals surface area contributed by atoms with Crippen molar-refractivity contribution in [2.24, 2.45) is 5.73 Å².